The quantitative estimate of drug-likeness (QED) is 0.430. The van der Waals surface area contributed by atoms with Gasteiger partial charge in [0.15, 0.2) is 0 Å². The third-order valence-electron chi connectivity index (χ3n) is 6.81. The maximum Gasteiger partial charge on any atom is 0.242 e. The van der Waals surface area contributed by atoms with Crippen LogP contribution in [-0.4, -0.2) is 50.0 Å². The average Bonchev–Trinajstić information content (AvgIpc) is 3.32. The number of amides is 2. The van der Waals surface area contributed by atoms with Gasteiger partial charge < -0.3 is 10.2 Å². The van der Waals surface area contributed by atoms with Gasteiger partial charge >= 0.3 is 0 Å². The molecule has 202 valence electrons. The van der Waals surface area contributed by atoms with Crippen LogP contribution in [0.1, 0.15) is 62.1 Å². The number of anilines is 1. The molecule has 0 unspecified atom stereocenters. The lowest BCUT2D eigenvalue weighted by molar-refractivity contribution is -0.140. The van der Waals surface area contributed by atoms with Gasteiger partial charge in [-0.1, -0.05) is 48.7 Å². The molecule has 7 nitrogen and oxygen atoms in total. The fraction of sp³-hybridized carbons (Fsp3) is 0.500. The SMILES string of the molecule is Cc1cc(C)cc(N(CCCC(=O)N(Cc2ccccc2Cl)[C@@H](C)C(=O)NC2CCCC2)S(C)(=O)=O)c1. The summed E-state index contributed by atoms with van der Waals surface area (Å²) in [6.07, 6.45) is 5.69. The molecule has 9 heteroatoms. The smallest absolute Gasteiger partial charge is 0.242 e. The van der Waals surface area contributed by atoms with Crippen molar-refractivity contribution in [3.63, 3.8) is 0 Å². The Balaban J connectivity index is 1.74. The zero-order chi connectivity index (χ0) is 27.2. The molecular formula is C28H38ClN3O4S. The van der Waals surface area contributed by atoms with Crippen LogP contribution in [0.2, 0.25) is 5.02 Å². The van der Waals surface area contributed by atoms with E-state index in [0.717, 1.165) is 42.4 Å². The summed E-state index contributed by atoms with van der Waals surface area (Å²) in [5, 5.41) is 3.62. The van der Waals surface area contributed by atoms with E-state index in [2.05, 4.69) is 5.32 Å². The van der Waals surface area contributed by atoms with E-state index < -0.39 is 16.1 Å². The highest BCUT2D eigenvalue weighted by atomic mass is 35.5. The molecule has 0 saturated heterocycles. The summed E-state index contributed by atoms with van der Waals surface area (Å²) < 4.78 is 26.5. The number of benzene rings is 2. The first-order valence-corrected chi connectivity index (χ1v) is 15.1. The van der Waals surface area contributed by atoms with Crippen molar-refractivity contribution < 1.29 is 18.0 Å². The molecule has 0 heterocycles. The van der Waals surface area contributed by atoms with Gasteiger partial charge in [-0.3, -0.25) is 13.9 Å². The van der Waals surface area contributed by atoms with Gasteiger partial charge in [0.05, 0.1) is 11.9 Å². The number of rotatable bonds is 11. The third-order valence-corrected chi connectivity index (χ3v) is 8.38. The van der Waals surface area contributed by atoms with Crippen LogP contribution in [0.15, 0.2) is 42.5 Å². The van der Waals surface area contributed by atoms with E-state index in [-0.39, 0.29) is 37.4 Å². The minimum atomic E-state index is -3.54. The van der Waals surface area contributed by atoms with Gasteiger partial charge in [-0.2, -0.15) is 0 Å². The molecule has 0 aliphatic heterocycles. The minimum Gasteiger partial charge on any atom is -0.352 e. The predicted molar refractivity (Wildman–Crippen MR) is 149 cm³/mol. The molecule has 1 aliphatic rings. The third kappa shape index (κ3) is 8.20. The number of sulfonamides is 1. The Morgan fingerprint density at radius 2 is 1.70 bits per heavy atom. The first kappa shape index (κ1) is 29.0. The van der Waals surface area contributed by atoms with Crippen LogP contribution >= 0.6 is 11.6 Å². The second-order valence-electron chi connectivity index (χ2n) is 10.1. The van der Waals surface area contributed by atoms with Crippen LogP contribution in [0.4, 0.5) is 5.69 Å². The Bertz CT molecular complexity index is 1190. The molecule has 1 aliphatic carbocycles. The first-order chi connectivity index (χ1) is 17.5. The molecule has 2 aromatic carbocycles. The van der Waals surface area contributed by atoms with E-state index in [4.69, 9.17) is 11.6 Å². The molecule has 2 aromatic rings. The summed E-state index contributed by atoms with van der Waals surface area (Å²) in [6, 6.07) is 12.4. The van der Waals surface area contributed by atoms with Crippen molar-refractivity contribution in [1.29, 1.82) is 0 Å². The van der Waals surface area contributed by atoms with Gasteiger partial charge in [0, 0.05) is 30.6 Å². The summed E-state index contributed by atoms with van der Waals surface area (Å²) in [5.41, 5.74) is 3.27. The van der Waals surface area contributed by atoms with E-state index in [9.17, 15) is 18.0 Å². The van der Waals surface area contributed by atoms with E-state index >= 15 is 0 Å². The summed E-state index contributed by atoms with van der Waals surface area (Å²) in [6.45, 7) is 5.94. The number of nitrogens with zero attached hydrogens (tertiary/aromatic N) is 2. The average molecular weight is 548 g/mol. The molecule has 1 N–H and O–H groups in total. The highest BCUT2D eigenvalue weighted by Gasteiger charge is 2.29. The van der Waals surface area contributed by atoms with Gasteiger partial charge in [0.1, 0.15) is 6.04 Å². The van der Waals surface area contributed by atoms with E-state index in [1.165, 1.54) is 10.6 Å². The molecule has 1 atom stereocenters. The number of carbonyl (C=O) groups excluding carboxylic acids is 2. The van der Waals surface area contributed by atoms with E-state index in [0.29, 0.717) is 17.1 Å². The fourth-order valence-electron chi connectivity index (χ4n) is 4.88. The number of aryl methyl sites for hydroxylation is 2. The summed E-state index contributed by atoms with van der Waals surface area (Å²) in [4.78, 5) is 28.1. The Labute approximate surface area is 226 Å². The van der Waals surface area contributed by atoms with Crippen molar-refractivity contribution in [3.05, 3.63) is 64.2 Å². The van der Waals surface area contributed by atoms with Gasteiger partial charge in [0.2, 0.25) is 21.8 Å². The lowest BCUT2D eigenvalue weighted by Crippen LogP contribution is -2.49. The zero-order valence-electron chi connectivity index (χ0n) is 22.2. The minimum absolute atomic E-state index is 0.0995. The molecular weight excluding hydrogens is 510 g/mol. The lowest BCUT2D eigenvalue weighted by atomic mass is 10.1. The maximum absolute atomic E-state index is 13.5. The molecule has 1 saturated carbocycles. The molecule has 0 aromatic heterocycles. The van der Waals surface area contributed by atoms with Crippen LogP contribution in [-0.2, 0) is 26.2 Å². The molecule has 1 fully saturated rings. The molecule has 37 heavy (non-hydrogen) atoms. The van der Waals surface area contributed by atoms with E-state index in [1.807, 2.05) is 50.2 Å². The van der Waals surface area contributed by atoms with Gasteiger partial charge in [-0.15, -0.1) is 0 Å². The van der Waals surface area contributed by atoms with E-state index in [1.54, 1.807) is 17.9 Å². The Morgan fingerprint density at radius 1 is 1.08 bits per heavy atom. The molecule has 2 amide bonds. The van der Waals surface area contributed by atoms with Crippen LogP contribution in [0.3, 0.4) is 0 Å². The molecule has 0 spiro atoms. The second-order valence-corrected chi connectivity index (χ2v) is 12.4. The number of halogens is 1. The zero-order valence-corrected chi connectivity index (χ0v) is 23.7. The van der Waals surface area contributed by atoms with Crippen molar-refractivity contribution in [2.45, 2.75) is 77.9 Å². The van der Waals surface area contributed by atoms with Crippen molar-refractivity contribution in [2.24, 2.45) is 0 Å². The number of hydrogen-bond acceptors (Lipinski definition) is 4. The monoisotopic (exact) mass is 547 g/mol. The highest BCUT2D eigenvalue weighted by Crippen LogP contribution is 2.24. The Hall–Kier alpha value is -2.58. The van der Waals surface area contributed by atoms with Crippen molar-refractivity contribution >= 4 is 39.1 Å². The van der Waals surface area contributed by atoms with Crippen molar-refractivity contribution in [3.8, 4) is 0 Å². The maximum atomic E-state index is 13.5. The standard InChI is InChI=1S/C28H38ClN3O4S/c1-20-16-21(2)18-25(17-20)32(37(4,35)36)15-9-14-27(33)31(19-23-10-5-8-13-26(23)29)22(3)28(34)30-24-11-6-7-12-24/h5,8,10,13,16-18,22,24H,6-7,9,11-12,14-15,19H2,1-4H3,(H,30,34)/t22-/m0/s1. The summed E-state index contributed by atoms with van der Waals surface area (Å²) >= 11 is 6.37. The van der Waals surface area contributed by atoms with Gasteiger partial charge in [0.25, 0.3) is 0 Å². The van der Waals surface area contributed by atoms with Crippen molar-refractivity contribution in [2.75, 3.05) is 17.1 Å². The van der Waals surface area contributed by atoms with Crippen LogP contribution < -0.4 is 9.62 Å². The van der Waals surface area contributed by atoms with Crippen LogP contribution in [0.25, 0.3) is 0 Å². The largest absolute Gasteiger partial charge is 0.352 e. The number of carbonyl (C=O) groups is 2. The second kappa shape index (κ2) is 12.8. The van der Waals surface area contributed by atoms with Gasteiger partial charge in [-0.05, 0) is 74.9 Å². The molecule has 0 radical (unpaired) electrons. The number of hydrogen-bond donors (Lipinski definition) is 1. The van der Waals surface area contributed by atoms with Crippen LogP contribution in [0, 0.1) is 13.8 Å². The highest BCUT2D eigenvalue weighted by molar-refractivity contribution is 7.92. The predicted octanol–water partition coefficient (Wildman–Crippen LogP) is 4.98. The Kier molecular flexibility index (Phi) is 10.0. The first-order valence-electron chi connectivity index (χ1n) is 12.8. The number of nitrogens with one attached hydrogen (secondary N) is 1. The molecule has 3 rings (SSSR count). The van der Waals surface area contributed by atoms with Crippen molar-refractivity contribution in [1.82, 2.24) is 10.2 Å². The normalized spacial score (nSPS) is 14.8. The van der Waals surface area contributed by atoms with Crippen LogP contribution in [0.5, 0.6) is 0 Å². The Morgan fingerprint density at radius 3 is 2.30 bits per heavy atom. The summed E-state index contributed by atoms with van der Waals surface area (Å²) in [7, 11) is -3.54. The molecule has 0 bridgehead atoms. The fourth-order valence-corrected chi connectivity index (χ4v) is 6.03. The topological polar surface area (TPSA) is 86.8 Å². The lowest BCUT2D eigenvalue weighted by Gasteiger charge is -2.30. The van der Waals surface area contributed by atoms with Gasteiger partial charge in [-0.25, -0.2) is 8.42 Å². The summed E-state index contributed by atoms with van der Waals surface area (Å²) in [5.74, 6) is -0.400.